The van der Waals surface area contributed by atoms with Crippen molar-refractivity contribution >= 4 is 17.3 Å². The van der Waals surface area contributed by atoms with Crippen LogP contribution in [0.4, 0.5) is 11.4 Å². The van der Waals surface area contributed by atoms with Gasteiger partial charge in [0.2, 0.25) is 0 Å². The Hall–Kier alpha value is -4.12. The number of benzene rings is 2. The van der Waals surface area contributed by atoms with Crippen LogP contribution in [0.2, 0.25) is 0 Å². The molecule has 0 atom stereocenters. The van der Waals surface area contributed by atoms with E-state index < -0.39 is 4.92 Å². The first-order valence-corrected chi connectivity index (χ1v) is 10.4. The summed E-state index contributed by atoms with van der Waals surface area (Å²) in [4.78, 5) is 27.7. The van der Waals surface area contributed by atoms with E-state index in [4.69, 9.17) is 0 Å². The number of rotatable bonds is 4. The smallest absolute Gasteiger partial charge is 0.272 e. The van der Waals surface area contributed by atoms with E-state index in [0.29, 0.717) is 37.4 Å². The maximum Gasteiger partial charge on any atom is 0.272 e. The molecule has 1 fully saturated rings. The van der Waals surface area contributed by atoms with Gasteiger partial charge in [-0.1, -0.05) is 17.7 Å². The third-order valence-electron chi connectivity index (χ3n) is 5.81. The Kier molecular flexibility index (Phi) is 5.65. The minimum atomic E-state index is -0.419. The predicted molar refractivity (Wildman–Crippen MR) is 121 cm³/mol. The van der Waals surface area contributed by atoms with Crippen LogP contribution in [0.15, 0.2) is 54.7 Å². The predicted octanol–water partition coefficient (Wildman–Crippen LogP) is 3.84. The van der Waals surface area contributed by atoms with E-state index in [-0.39, 0.29) is 11.6 Å². The Morgan fingerprint density at radius 3 is 2.31 bits per heavy atom. The minimum absolute atomic E-state index is 0.0544. The lowest BCUT2D eigenvalue weighted by atomic mass is 10.1. The monoisotopic (exact) mass is 429 g/mol. The molecule has 8 heteroatoms. The van der Waals surface area contributed by atoms with Gasteiger partial charge in [0.25, 0.3) is 11.6 Å². The van der Waals surface area contributed by atoms with Crippen molar-refractivity contribution in [3.63, 3.8) is 0 Å². The van der Waals surface area contributed by atoms with Crippen LogP contribution in [0.25, 0.3) is 5.69 Å². The van der Waals surface area contributed by atoms with Crippen molar-refractivity contribution in [2.75, 3.05) is 31.1 Å². The average molecular weight is 429 g/mol. The Bertz CT molecular complexity index is 1220. The summed E-state index contributed by atoms with van der Waals surface area (Å²) in [6.07, 6.45) is 1.77. The van der Waals surface area contributed by atoms with Crippen molar-refractivity contribution in [1.29, 1.82) is 5.26 Å². The van der Waals surface area contributed by atoms with Crippen LogP contribution in [-0.4, -0.2) is 46.5 Å². The molecule has 4 rings (SSSR count). The lowest BCUT2D eigenvalue weighted by molar-refractivity contribution is -0.384. The molecule has 1 saturated heterocycles. The van der Waals surface area contributed by atoms with E-state index in [1.54, 1.807) is 33.9 Å². The second-order valence-corrected chi connectivity index (χ2v) is 7.90. The van der Waals surface area contributed by atoms with Crippen molar-refractivity contribution in [1.82, 2.24) is 9.47 Å². The van der Waals surface area contributed by atoms with Crippen LogP contribution in [-0.2, 0) is 0 Å². The van der Waals surface area contributed by atoms with Crippen molar-refractivity contribution in [3.8, 4) is 11.8 Å². The highest BCUT2D eigenvalue weighted by atomic mass is 16.6. The van der Waals surface area contributed by atoms with Crippen LogP contribution in [0.1, 0.15) is 27.2 Å². The molecule has 0 radical (unpaired) electrons. The van der Waals surface area contributed by atoms with E-state index in [2.05, 4.69) is 17.0 Å². The number of nitrogens with zero attached hydrogens (tertiary/aromatic N) is 5. The van der Waals surface area contributed by atoms with Gasteiger partial charge in [0.1, 0.15) is 11.8 Å². The molecule has 8 nitrogen and oxygen atoms in total. The molecule has 1 amide bonds. The largest absolute Gasteiger partial charge is 0.368 e. The molecule has 0 N–H and O–H groups in total. The maximum atomic E-state index is 13.4. The lowest BCUT2D eigenvalue weighted by Gasteiger charge is -2.36. The molecular weight excluding hydrogens is 406 g/mol. The number of anilines is 1. The molecule has 2 heterocycles. The topological polar surface area (TPSA) is 95.4 Å². The first-order chi connectivity index (χ1) is 15.4. The second kappa shape index (κ2) is 8.55. The number of amides is 1. The number of non-ortho nitro benzene ring substituents is 1. The van der Waals surface area contributed by atoms with Crippen molar-refractivity contribution in [3.05, 3.63) is 87.2 Å². The molecular formula is C24H23N5O3. The second-order valence-electron chi connectivity index (χ2n) is 7.90. The molecule has 162 valence electrons. The molecule has 0 saturated carbocycles. The molecule has 0 bridgehead atoms. The fourth-order valence-electron chi connectivity index (χ4n) is 4.12. The Labute approximate surface area is 186 Å². The van der Waals surface area contributed by atoms with Gasteiger partial charge in [-0.25, -0.2) is 0 Å². The molecule has 2 aromatic carbocycles. The number of aryl methyl sites for hydroxylation is 2. The van der Waals surface area contributed by atoms with Gasteiger partial charge >= 0.3 is 0 Å². The van der Waals surface area contributed by atoms with Gasteiger partial charge in [0.05, 0.1) is 10.5 Å². The summed E-state index contributed by atoms with van der Waals surface area (Å²) >= 11 is 0. The molecule has 1 aliphatic rings. The Morgan fingerprint density at radius 2 is 1.72 bits per heavy atom. The van der Waals surface area contributed by atoms with Gasteiger partial charge in [0, 0.05) is 55.9 Å². The average Bonchev–Trinajstić information content (AvgIpc) is 3.22. The molecule has 0 aliphatic carbocycles. The highest BCUT2D eigenvalue weighted by molar-refractivity contribution is 5.96. The van der Waals surface area contributed by atoms with Gasteiger partial charge in [-0.2, -0.15) is 5.26 Å². The minimum Gasteiger partial charge on any atom is -0.368 e. The summed E-state index contributed by atoms with van der Waals surface area (Å²) < 4.78 is 1.80. The molecule has 32 heavy (non-hydrogen) atoms. The number of carbonyl (C=O) groups excluding carboxylic acids is 1. The third-order valence-corrected chi connectivity index (χ3v) is 5.81. The van der Waals surface area contributed by atoms with E-state index >= 15 is 0 Å². The third kappa shape index (κ3) is 3.93. The van der Waals surface area contributed by atoms with Crippen LogP contribution in [0, 0.1) is 35.3 Å². The fraction of sp³-hybridized carbons (Fsp3) is 0.250. The number of nitro groups is 1. The number of piperazine rings is 1. The zero-order valence-corrected chi connectivity index (χ0v) is 18.0. The standard InChI is InChI=1S/C24H23N5O3/c1-17-3-8-22(18(2)15-17)28-10-9-19(16-25)23(28)24(30)27-13-11-26(12-14-27)20-4-6-21(7-5-20)29(31)32/h3-10,15H,11-14H2,1-2H3. The van der Waals surface area contributed by atoms with Crippen molar-refractivity contribution in [2.45, 2.75) is 13.8 Å². The number of nitriles is 1. The molecule has 0 unspecified atom stereocenters. The fourth-order valence-corrected chi connectivity index (χ4v) is 4.12. The van der Waals surface area contributed by atoms with Crippen LogP contribution in [0.3, 0.4) is 0 Å². The van der Waals surface area contributed by atoms with E-state index in [1.165, 1.54) is 12.1 Å². The molecule has 1 aliphatic heterocycles. The van der Waals surface area contributed by atoms with Crippen molar-refractivity contribution < 1.29 is 9.72 Å². The van der Waals surface area contributed by atoms with Gasteiger partial charge in [-0.15, -0.1) is 0 Å². The highest BCUT2D eigenvalue weighted by Crippen LogP contribution is 2.24. The summed E-state index contributed by atoms with van der Waals surface area (Å²) in [7, 11) is 0. The van der Waals surface area contributed by atoms with Gasteiger partial charge in [-0.05, 0) is 43.7 Å². The van der Waals surface area contributed by atoms with E-state index in [0.717, 1.165) is 22.5 Å². The first kappa shape index (κ1) is 21.1. The van der Waals surface area contributed by atoms with Crippen LogP contribution in [0.5, 0.6) is 0 Å². The summed E-state index contributed by atoms with van der Waals surface area (Å²) in [5.41, 5.74) is 4.72. The summed E-state index contributed by atoms with van der Waals surface area (Å²) in [5.74, 6) is -0.171. The SMILES string of the molecule is Cc1ccc(-n2ccc(C#N)c2C(=O)N2CCN(c3ccc([N+](=O)[O-])cc3)CC2)c(C)c1. The number of hydrogen-bond acceptors (Lipinski definition) is 5. The number of carbonyl (C=O) groups is 1. The van der Waals surface area contributed by atoms with E-state index in [1.807, 2.05) is 26.0 Å². The summed E-state index contributed by atoms with van der Waals surface area (Å²) in [5, 5.41) is 20.5. The van der Waals surface area contributed by atoms with Crippen molar-refractivity contribution in [2.24, 2.45) is 0 Å². The van der Waals surface area contributed by atoms with E-state index in [9.17, 15) is 20.2 Å². The molecule has 1 aromatic heterocycles. The zero-order valence-electron chi connectivity index (χ0n) is 18.0. The lowest BCUT2D eigenvalue weighted by Crippen LogP contribution is -2.49. The van der Waals surface area contributed by atoms with Gasteiger partial charge in [-0.3, -0.25) is 14.9 Å². The normalized spacial score (nSPS) is 13.7. The van der Waals surface area contributed by atoms with Crippen LogP contribution >= 0.6 is 0 Å². The number of aromatic nitrogens is 1. The molecule has 3 aromatic rings. The number of hydrogen-bond donors (Lipinski definition) is 0. The van der Waals surface area contributed by atoms with Gasteiger partial charge < -0.3 is 14.4 Å². The van der Waals surface area contributed by atoms with Crippen LogP contribution < -0.4 is 4.90 Å². The Balaban J connectivity index is 1.54. The summed E-state index contributed by atoms with van der Waals surface area (Å²) in [6, 6.07) is 16.3. The van der Waals surface area contributed by atoms with Gasteiger partial charge in [0.15, 0.2) is 0 Å². The Morgan fingerprint density at radius 1 is 1.03 bits per heavy atom. The number of nitro benzene ring substituents is 1. The zero-order chi connectivity index (χ0) is 22.8. The quantitative estimate of drug-likeness (QED) is 0.464. The summed E-state index contributed by atoms with van der Waals surface area (Å²) in [6.45, 7) is 6.22. The maximum absolute atomic E-state index is 13.4. The first-order valence-electron chi connectivity index (χ1n) is 10.4. The molecule has 0 spiro atoms. The highest BCUT2D eigenvalue weighted by Gasteiger charge is 2.27.